The van der Waals surface area contributed by atoms with E-state index in [0.29, 0.717) is 0 Å². The van der Waals surface area contributed by atoms with Crippen LogP contribution in [-0.2, 0) is 12.8 Å². The molecule has 0 aliphatic heterocycles. The fourth-order valence-electron chi connectivity index (χ4n) is 2.02. The van der Waals surface area contributed by atoms with Crippen molar-refractivity contribution in [2.24, 2.45) is 10.2 Å². The van der Waals surface area contributed by atoms with Gasteiger partial charge in [0.15, 0.2) is 0 Å². The molecule has 0 amide bonds. The Bertz CT molecular complexity index is 528. The summed E-state index contributed by atoms with van der Waals surface area (Å²) in [7, 11) is 0. The highest BCUT2D eigenvalue weighted by Gasteiger charge is 1.97. The van der Waals surface area contributed by atoms with E-state index in [1.807, 2.05) is 50.2 Å². The standard InChI is InChI=1S/C18H20N2/c1-15(13-17-9-5-3-6-10-17)19-20-16(2)14-18-11-7-4-8-12-18/h3-12H,13-14H2,1-2H3/b19-15+,20-16+. The molecule has 0 aliphatic rings. The molecule has 0 radical (unpaired) electrons. The third kappa shape index (κ3) is 4.81. The van der Waals surface area contributed by atoms with Crippen LogP contribution < -0.4 is 0 Å². The van der Waals surface area contributed by atoms with Crippen LogP contribution in [0.2, 0.25) is 0 Å². The summed E-state index contributed by atoms with van der Waals surface area (Å²) >= 11 is 0. The van der Waals surface area contributed by atoms with E-state index in [9.17, 15) is 0 Å². The molecule has 2 rings (SSSR count). The minimum Gasteiger partial charge on any atom is -0.160 e. The summed E-state index contributed by atoms with van der Waals surface area (Å²) in [6.07, 6.45) is 1.70. The summed E-state index contributed by atoms with van der Waals surface area (Å²) in [5.41, 5.74) is 4.60. The molecule has 2 nitrogen and oxygen atoms in total. The molecule has 0 saturated heterocycles. The van der Waals surface area contributed by atoms with Crippen molar-refractivity contribution in [1.82, 2.24) is 0 Å². The van der Waals surface area contributed by atoms with Crippen LogP contribution in [0.3, 0.4) is 0 Å². The first-order valence-corrected chi connectivity index (χ1v) is 6.88. The van der Waals surface area contributed by atoms with Crippen molar-refractivity contribution in [3.05, 3.63) is 71.8 Å². The molecule has 0 bridgehead atoms. The molecular formula is C18H20N2. The molecule has 0 aromatic heterocycles. The van der Waals surface area contributed by atoms with Gasteiger partial charge in [-0.05, 0) is 25.0 Å². The lowest BCUT2D eigenvalue weighted by molar-refractivity contribution is 1.14. The van der Waals surface area contributed by atoms with E-state index < -0.39 is 0 Å². The van der Waals surface area contributed by atoms with Gasteiger partial charge in [0.2, 0.25) is 0 Å². The second-order valence-corrected chi connectivity index (χ2v) is 5.00. The summed E-state index contributed by atoms with van der Waals surface area (Å²) in [4.78, 5) is 0. The summed E-state index contributed by atoms with van der Waals surface area (Å²) in [5.74, 6) is 0. The Hall–Kier alpha value is -2.22. The Morgan fingerprint density at radius 2 is 1.00 bits per heavy atom. The van der Waals surface area contributed by atoms with Crippen molar-refractivity contribution in [2.75, 3.05) is 0 Å². The zero-order valence-electron chi connectivity index (χ0n) is 12.1. The molecule has 2 aromatic carbocycles. The van der Waals surface area contributed by atoms with Gasteiger partial charge in [-0.25, -0.2) is 0 Å². The largest absolute Gasteiger partial charge is 0.160 e. The van der Waals surface area contributed by atoms with E-state index in [0.717, 1.165) is 24.3 Å². The van der Waals surface area contributed by atoms with Crippen LogP contribution >= 0.6 is 0 Å². The second-order valence-electron chi connectivity index (χ2n) is 5.00. The molecule has 0 fully saturated rings. The second kappa shape index (κ2) is 7.39. The van der Waals surface area contributed by atoms with Crippen molar-refractivity contribution in [3.63, 3.8) is 0 Å². The minimum atomic E-state index is 0.850. The van der Waals surface area contributed by atoms with Gasteiger partial charge in [0, 0.05) is 24.3 Å². The Kier molecular flexibility index (Phi) is 5.24. The van der Waals surface area contributed by atoms with E-state index in [4.69, 9.17) is 0 Å². The Morgan fingerprint density at radius 1 is 0.650 bits per heavy atom. The molecule has 20 heavy (non-hydrogen) atoms. The van der Waals surface area contributed by atoms with Crippen LogP contribution in [0, 0.1) is 0 Å². The van der Waals surface area contributed by atoms with Gasteiger partial charge >= 0.3 is 0 Å². The molecule has 2 heteroatoms. The van der Waals surface area contributed by atoms with Crippen LogP contribution in [0.25, 0.3) is 0 Å². The van der Waals surface area contributed by atoms with Crippen molar-refractivity contribution in [2.45, 2.75) is 26.7 Å². The first kappa shape index (κ1) is 14.2. The molecule has 102 valence electrons. The number of nitrogens with zero attached hydrogens (tertiary/aromatic N) is 2. The van der Waals surface area contributed by atoms with Gasteiger partial charge in [-0.2, -0.15) is 10.2 Å². The van der Waals surface area contributed by atoms with Crippen molar-refractivity contribution < 1.29 is 0 Å². The first-order valence-electron chi connectivity index (χ1n) is 6.88. The predicted octanol–water partition coefficient (Wildman–Crippen LogP) is 4.31. The maximum absolute atomic E-state index is 4.32. The lowest BCUT2D eigenvalue weighted by Gasteiger charge is -2.01. The van der Waals surface area contributed by atoms with Gasteiger partial charge in [-0.1, -0.05) is 60.7 Å². The smallest absolute Gasteiger partial charge is 0.0418 e. The Labute approximate surface area is 120 Å². The first-order chi connectivity index (χ1) is 9.74. The zero-order valence-corrected chi connectivity index (χ0v) is 12.1. The van der Waals surface area contributed by atoms with Gasteiger partial charge in [-0.15, -0.1) is 0 Å². The van der Waals surface area contributed by atoms with Crippen molar-refractivity contribution in [3.8, 4) is 0 Å². The normalized spacial score (nSPS) is 12.5. The average Bonchev–Trinajstić information content (AvgIpc) is 2.47. The monoisotopic (exact) mass is 264 g/mol. The van der Waals surface area contributed by atoms with Crippen LogP contribution in [0.4, 0.5) is 0 Å². The predicted molar refractivity (Wildman–Crippen MR) is 86.5 cm³/mol. The summed E-state index contributed by atoms with van der Waals surface area (Å²) in [6, 6.07) is 20.7. The maximum atomic E-state index is 4.32. The molecule has 2 aromatic rings. The van der Waals surface area contributed by atoms with Crippen LogP contribution in [0.5, 0.6) is 0 Å². The Balaban J connectivity index is 1.94. The average molecular weight is 264 g/mol. The summed E-state index contributed by atoms with van der Waals surface area (Å²) < 4.78 is 0. The molecule has 0 unspecified atom stereocenters. The molecule has 0 spiro atoms. The lowest BCUT2D eigenvalue weighted by atomic mass is 10.1. The number of rotatable bonds is 5. The molecule has 0 atom stereocenters. The van der Waals surface area contributed by atoms with Crippen LogP contribution in [0.1, 0.15) is 25.0 Å². The van der Waals surface area contributed by atoms with Gasteiger partial charge in [-0.3, -0.25) is 0 Å². The highest BCUT2D eigenvalue weighted by molar-refractivity contribution is 5.87. The maximum Gasteiger partial charge on any atom is 0.0418 e. The van der Waals surface area contributed by atoms with Gasteiger partial charge in [0.05, 0.1) is 0 Å². The molecule has 0 aliphatic carbocycles. The van der Waals surface area contributed by atoms with E-state index in [1.54, 1.807) is 0 Å². The third-order valence-electron chi connectivity index (χ3n) is 3.00. The lowest BCUT2D eigenvalue weighted by Crippen LogP contribution is -2.00. The molecule has 0 heterocycles. The van der Waals surface area contributed by atoms with Gasteiger partial charge < -0.3 is 0 Å². The molecule has 0 saturated carbocycles. The number of hydrogen-bond donors (Lipinski definition) is 0. The van der Waals surface area contributed by atoms with Crippen molar-refractivity contribution >= 4 is 11.4 Å². The van der Waals surface area contributed by atoms with Gasteiger partial charge in [0.1, 0.15) is 0 Å². The van der Waals surface area contributed by atoms with E-state index in [1.165, 1.54) is 11.1 Å². The topological polar surface area (TPSA) is 24.7 Å². The fourth-order valence-corrected chi connectivity index (χ4v) is 2.02. The summed E-state index contributed by atoms with van der Waals surface area (Å²) in [5, 5.41) is 8.64. The molecular weight excluding hydrogens is 244 g/mol. The van der Waals surface area contributed by atoms with E-state index in [2.05, 4.69) is 34.5 Å². The van der Waals surface area contributed by atoms with Crippen LogP contribution in [0.15, 0.2) is 70.9 Å². The van der Waals surface area contributed by atoms with Crippen LogP contribution in [-0.4, -0.2) is 11.4 Å². The SMILES string of the molecule is C/C(Cc1ccccc1)=N\N=C(/C)Cc1ccccc1. The minimum absolute atomic E-state index is 0.850. The van der Waals surface area contributed by atoms with Gasteiger partial charge in [0.25, 0.3) is 0 Å². The quantitative estimate of drug-likeness (QED) is 0.568. The zero-order chi connectivity index (χ0) is 14.2. The number of benzene rings is 2. The van der Waals surface area contributed by atoms with E-state index in [-0.39, 0.29) is 0 Å². The highest BCUT2D eigenvalue weighted by atomic mass is 15.2. The third-order valence-corrected chi connectivity index (χ3v) is 3.00. The molecule has 0 N–H and O–H groups in total. The fraction of sp³-hybridized carbons (Fsp3) is 0.222. The number of hydrogen-bond acceptors (Lipinski definition) is 2. The van der Waals surface area contributed by atoms with E-state index >= 15 is 0 Å². The summed E-state index contributed by atoms with van der Waals surface area (Å²) in [6.45, 7) is 4.04. The Morgan fingerprint density at radius 3 is 1.35 bits per heavy atom. The van der Waals surface area contributed by atoms with Crippen molar-refractivity contribution in [1.29, 1.82) is 0 Å². The highest BCUT2D eigenvalue weighted by Crippen LogP contribution is 2.03.